The Morgan fingerprint density at radius 2 is 1.75 bits per heavy atom. The fourth-order valence-corrected chi connectivity index (χ4v) is 2.26. The molecule has 4 heteroatoms. The summed E-state index contributed by atoms with van der Waals surface area (Å²) in [5.74, 6) is 0. The van der Waals surface area contributed by atoms with E-state index in [1.54, 1.807) is 6.20 Å². The van der Waals surface area contributed by atoms with Gasteiger partial charge in [-0.1, -0.05) is 29.8 Å². The van der Waals surface area contributed by atoms with Crippen LogP contribution in [-0.2, 0) is 0 Å². The first-order valence-electron chi connectivity index (χ1n) is 6.36. The number of aryl methyl sites for hydroxylation is 1. The van der Waals surface area contributed by atoms with Crippen molar-refractivity contribution in [2.75, 3.05) is 10.9 Å². The Morgan fingerprint density at radius 3 is 2.55 bits per heavy atom. The third-order valence-electron chi connectivity index (χ3n) is 3.22. The van der Waals surface area contributed by atoms with Gasteiger partial charge in [0.1, 0.15) is 0 Å². The Balaban J connectivity index is 1.94. The van der Waals surface area contributed by atoms with Crippen LogP contribution in [0.25, 0.3) is 10.9 Å². The van der Waals surface area contributed by atoms with Crippen LogP contribution in [0.15, 0.2) is 54.7 Å². The smallest absolute Gasteiger partial charge is 0.0767 e. The van der Waals surface area contributed by atoms with Crippen molar-refractivity contribution in [2.24, 2.45) is 0 Å². The van der Waals surface area contributed by atoms with Gasteiger partial charge in [0.05, 0.1) is 16.9 Å². The topological polar surface area (TPSA) is 37.0 Å². The summed E-state index contributed by atoms with van der Waals surface area (Å²) in [6.07, 6.45) is 1.78. The van der Waals surface area contributed by atoms with E-state index < -0.39 is 0 Å². The summed E-state index contributed by atoms with van der Waals surface area (Å²) in [5.41, 5.74) is 10.3. The summed E-state index contributed by atoms with van der Waals surface area (Å²) in [4.78, 5) is 4.41. The Bertz CT molecular complexity index is 741. The number of hydrogen-bond donors (Lipinski definition) is 2. The molecular weight excluding hydrogens is 270 g/mol. The van der Waals surface area contributed by atoms with E-state index in [9.17, 15) is 0 Å². The van der Waals surface area contributed by atoms with E-state index in [1.807, 2.05) is 55.5 Å². The Morgan fingerprint density at radius 1 is 0.950 bits per heavy atom. The number of hydrogen-bond acceptors (Lipinski definition) is 3. The first-order valence-corrected chi connectivity index (χ1v) is 6.74. The van der Waals surface area contributed by atoms with Crippen LogP contribution in [0, 0.1) is 6.92 Å². The van der Waals surface area contributed by atoms with Crippen molar-refractivity contribution in [1.82, 2.24) is 4.98 Å². The summed E-state index contributed by atoms with van der Waals surface area (Å²) >= 11 is 6.14. The van der Waals surface area contributed by atoms with Gasteiger partial charge in [-0.15, -0.1) is 0 Å². The third-order valence-corrected chi connectivity index (χ3v) is 3.62. The molecule has 0 radical (unpaired) electrons. The summed E-state index contributed by atoms with van der Waals surface area (Å²) in [6.45, 7) is 1.98. The summed E-state index contributed by atoms with van der Waals surface area (Å²) in [6, 6.07) is 15.8. The van der Waals surface area contributed by atoms with Gasteiger partial charge in [0.25, 0.3) is 0 Å². The van der Waals surface area contributed by atoms with E-state index in [1.165, 1.54) is 0 Å². The number of benzene rings is 2. The summed E-state index contributed by atoms with van der Waals surface area (Å²) in [7, 11) is 0. The number of halogens is 1. The molecule has 1 aromatic heterocycles. The SMILES string of the molecule is Cc1c(Cl)ccc2c(NNc3ccccc3)ccnc12. The molecule has 2 N–H and O–H groups in total. The number of aromatic nitrogens is 1. The van der Waals surface area contributed by atoms with Crippen LogP contribution in [0.5, 0.6) is 0 Å². The van der Waals surface area contributed by atoms with Crippen molar-refractivity contribution in [3.63, 3.8) is 0 Å². The molecule has 0 atom stereocenters. The van der Waals surface area contributed by atoms with Crippen molar-refractivity contribution in [3.8, 4) is 0 Å². The van der Waals surface area contributed by atoms with Crippen LogP contribution in [0.3, 0.4) is 0 Å². The minimum absolute atomic E-state index is 0.734. The second kappa shape index (κ2) is 5.39. The molecule has 0 aliphatic carbocycles. The molecule has 1 heterocycles. The van der Waals surface area contributed by atoms with Gasteiger partial charge in [-0.25, -0.2) is 0 Å². The van der Waals surface area contributed by atoms with E-state index in [0.29, 0.717) is 0 Å². The van der Waals surface area contributed by atoms with Gasteiger partial charge in [-0.05, 0) is 42.8 Å². The zero-order chi connectivity index (χ0) is 13.9. The molecule has 0 saturated carbocycles. The molecule has 2 aromatic carbocycles. The van der Waals surface area contributed by atoms with E-state index in [2.05, 4.69) is 15.8 Å². The van der Waals surface area contributed by atoms with Crippen LogP contribution in [-0.4, -0.2) is 4.98 Å². The van der Waals surface area contributed by atoms with Gasteiger partial charge >= 0.3 is 0 Å². The molecule has 100 valence electrons. The molecular formula is C16H14ClN3. The number of anilines is 2. The molecule has 0 amide bonds. The second-order valence-corrected chi connectivity index (χ2v) is 4.95. The lowest BCUT2D eigenvalue weighted by Crippen LogP contribution is -2.09. The predicted octanol–water partition coefficient (Wildman–Crippen LogP) is 4.64. The quantitative estimate of drug-likeness (QED) is 0.688. The van der Waals surface area contributed by atoms with E-state index >= 15 is 0 Å². The second-order valence-electron chi connectivity index (χ2n) is 4.54. The molecule has 20 heavy (non-hydrogen) atoms. The first kappa shape index (κ1) is 12.8. The molecule has 0 spiro atoms. The largest absolute Gasteiger partial charge is 0.301 e. The lowest BCUT2D eigenvalue weighted by Gasteiger charge is -2.13. The van der Waals surface area contributed by atoms with Crippen LogP contribution in [0.2, 0.25) is 5.02 Å². The van der Waals surface area contributed by atoms with Crippen LogP contribution >= 0.6 is 11.6 Å². The summed E-state index contributed by atoms with van der Waals surface area (Å²) < 4.78 is 0. The number of nitrogens with zero attached hydrogens (tertiary/aromatic N) is 1. The Hall–Kier alpha value is -2.26. The van der Waals surface area contributed by atoms with Gasteiger partial charge in [0.2, 0.25) is 0 Å². The normalized spacial score (nSPS) is 10.5. The average Bonchev–Trinajstić information content (AvgIpc) is 2.50. The summed E-state index contributed by atoms with van der Waals surface area (Å²) in [5, 5.41) is 1.77. The maximum Gasteiger partial charge on any atom is 0.0767 e. The van der Waals surface area contributed by atoms with Gasteiger partial charge in [-0.3, -0.25) is 4.98 Å². The molecule has 3 nitrogen and oxygen atoms in total. The van der Waals surface area contributed by atoms with Crippen molar-refractivity contribution in [1.29, 1.82) is 0 Å². The molecule has 0 aliphatic heterocycles. The fourth-order valence-electron chi connectivity index (χ4n) is 2.11. The highest BCUT2D eigenvalue weighted by molar-refractivity contribution is 6.32. The van der Waals surface area contributed by atoms with Crippen molar-refractivity contribution >= 4 is 33.9 Å². The number of rotatable bonds is 3. The van der Waals surface area contributed by atoms with Crippen molar-refractivity contribution < 1.29 is 0 Å². The van der Waals surface area contributed by atoms with E-state index in [0.717, 1.165) is 32.9 Å². The van der Waals surface area contributed by atoms with Gasteiger partial charge in [0, 0.05) is 16.6 Å². The molecule has 3 aromatic rings. The molecule has 0 aliphatic rings. The fraction of sp³-hybridized carbons (Fsp3) is 0.0625. The monoisotopic (exact) mass is 283 g/mol. The number of nitrogens with one attached hydrogen (secondary N) is 2. The van der Waals surface area contributed by atoms with Crippen molar-refractivity contribution in [3.05, 3.63) is 65.3 Å². The molecule has 0 unspecified atom stereocenters. The van der Waals surface area contributed by atoms with Crippen LogP contribution in [0.1, 0.15) is 5.56 Å². The minimum Gasteiger partial charge on any atom is -0.301 e. The third kappa shape index (κ3) is 2.40. The number of para-hydroxylation sites is 1. The lowest BCUT2D eigenvalue weighted by molar-refractivity contribution is 1.34. The number of pyridine rings is 1. The highest BCUT2D eigenvalue weighted by Gasteiger charge is 2.06. The van der Waals surface area contributed by atoms with Gasteiger partial charge < -0.3 is 10.9 Å². The molecule has 0 saturated heterocycles. The van der Waals surface area contributed by atoms with Gasteiger partial charge in [-0.2, -0.15) is 0 Å². The maximum absolute atomic E-state index is 6.14. The first-order chi connectivity index (χ1) is 9.75. The van der Waals surface area contributed by atoms with E-state index in [4.69, 9.17) is 11.6 Å². The standard InChI is InChI=1S/C16H14ClN3/c1-11-14(17)8-7-13-15(9-10-18-16(11)13)20-19-12-5-3-2-4-6-12/h2-10,19H,1H3,(H,18,20). The highest BCUT2D eigenvalue weighted by atomic mass is 35.5. The zero-order valence-corrected chi connectivity index (χ0v) is 11.8. The number of hydrazine groups is 1. The van der Waals surface area contributed by atoms with Crippen LogP contribution < -0.4 is 10.9 Å². The lowest BCUT2D eigenvalue weighted by atomic mass is 10.1. The van der Waals surface area contributed by atoms with E-state index in [-0.39, 0.29) is 0 Å². The van der Waals surface area contributed by atoms with Crippen LogP contribution in [0.4, 0.5) is 11.4 Å². The van der Waals surface area contributed by atoms with Crippen molar-refractivity contribution in [2.45, 2.75) is 6.92 Å². The van der Waals surface area contributed by atoms with Gasteiger partial charge in [0.15, 0.2) is 0 Å². The number of fused-ring (bicyclic) bond motifs is 1. The average molecular weight is 284 g/mol. The molecule has 0 fully saturated rings. The predicted molar refractivity (Wildman–Crippen MR) is 85.2 cm³/mol. The minimum atomic E-state index is 0.734. The Kier molecular flexibility index (Phi) is 3.44. The Labute approximate surface area is 122 Å². The zero-order valence-electron chi connectivity index (χ0n) is 11.0. The molecule has 0 bridgehead atoms. The molecule has 3 rings (SSSR count). The maximum atomic E-state index is 6.14. The highest BCUT2D eigenvalue weighted by Crippen LogP contribution is 2.28.